The van der Waals surface area contributed by atoms with E-state index in [9.17, 15) is 9.59 Å². The van der Waals surface area contributed by atoms with Crippen molar-refractivity contribution in [3.63, 3.8) is 0 Å². The van der Waals surface area contributed by atoms with Gasteiger partial charge in [0.1, 0.15) is 11.2 Å². The highest BCUT2D eigenvalue weighted by Crippen LogP contribution is 2.43. The van der Waals surface area contributed by atoms with Crippen LogP contribution in [-0.2, 0) is 15.2 Å². The maximum atomic E-state index is 12.2. The first-order valence-electron chi connectivity index (χ1n) is 11.0. The SMILES string of the molecule is NC(=O)N1OCCC1(c1cccnc1)c1cccc(C#Cc2cnc3cccnn23)c1.O=C(O)C(Cl)(Cl)Cl. The van der Waals surface area contributed by atoms with E-state index in [1.165, 1.54) is 5.06 Å². The molecule has 0 bridgehead atoms. The topological polar surface area (TPSA) is 136 Å². The van der Waals surface area contributed by atoms with E-state index in [1.807, 2.05) is 48.5 Å². The lowest BCUT2D eigenvalue weighted by Gasteiger charge is -2.36. The van der Waals surface area contributed by atoms with Gasteiger partial charge >= 0.3 is 12.0 Å². The fourth-order valence-electron chi connectivity index (χ4n) is 3.95. The van der Waals surface area contributed by atoms with Gasteiger partial charge in [-0.2, -0.15) is 10.2 Å². The number of imidazole rings is 1. The molecule has 0 saturated carbocycles. The van der Waals surface area contributed by atoms with Gasteiger partial charge in [-0.1, -0.05) is 58.9 Å². The first kappa shape index (κ1) is 27.2. The number of rotatable bonds is 2. The molecule has 0 spiro atoms. The number of nitrogens with two attached hydrogens (primary N) is 1. The minimum atomic E-state index is -2.17. The van der Waals surface area contributed by atoms with E-state index in [1.54, 1.807) is 29.3 Å². The molecule has 1 unspecified atom stereocenters. The van der Waals surface area contributed by atoms with Crippen molar-refractivity contribution in [1.82, 2.24) is 24.6 Å². The molecule has 1 aliphatic rings. The highest BCUT2D eigenvalue weighted by atomic mass is 35.6. The molecule has 4 aromatic rings. The Morgan fingerprint density at radius 1 is 1.05 bits per heavy atom. The summed E-state index contributed by atoms with van der Waals surface area (Å²) < 4.78 is -0.479. The summed E-state index contributed by atoms with van der Waals surface area (Å²) in [6.07, 6.45) is 7.35. The molecular formula is C25H19Cl3N6O4. The van der Waals surface area contributed by atoms with E-state index in [0.29, 0.717) is 18.7 Å². The predicted molar refractivity (Wildman–Crippen MR) is 140 cm³/mol. The molecule has 194 valence electrons. The molecular weight excluding hydrogens is 555 g/mol. The number of nitrogens with zero attached hydrogens (tertiary/aromatic N) is 5. The van der Waals surface area contributed by atoms with Crippen LogP contribution in [0, 0.1) is 11.8 Å². The van der Waals surface area contributed by atoms with Crippen molar-refractivity contribution >= 4 is 52.5 Å². The number of pyridine rings is 1. The monoisotopic (exact) mass is 572 g/mol. The molecule has 1 saturated heterocycles. The number of carbonyl (C=O) groups is 2. The van der Waals surface area contributed by atoms with E-state index < -0.39 is 21.3 Å². The molecule has 1 fully saturated rings. The zero-order chi connectivity index (χ0) is 27.3. The number of alkyl halides is 3. The van der Waals surface area contributed by atoms with Gasteiger partial charge in [-0.15, -0.1) is 0 Å². The number of carboxylic acids is 1. The summed E-state index contributed by atoms with van der Waals surface area (Å²) in [5.41, 5.74) is 8.65. The molecule has 1 aromatic carbocycles. The van der Waals surface area contributed by atoms with Gasteiger partial charge in [0, 0.05) is 36.1 Å². The molecule has 1 aliphatic heterocycles. The Hall–Kier alpha value is -3.88. The van der Waals surface area contributed by atoms with Crippen LogP contribution in [0.3, 0.4) is 0 Å². The van der Waals surface area contributed by atoms with Gasteiger partial charge in [-0.3, -0.25) is 9.82 Å². The van der Waals surface area contributed by atoms with Crippen LogP contribution in [0.1, 0.15) is 28.8 Å². The number of hydroxylamine groups is 2. The fraction of sp³-hybridized carbons (Fsp3) is 0.160. The third-order valence-corrected chi connectivity index (χ3v) is 6.05. The number of hydrogen-bond acceptors (Lipinski definition) is 6. The standard InChI is InChI=1S/C23H18N6O2.C2HCl3O2/c24-22(30)29-23(10-13-31-29,19-6-2-11-25-15-19)18-5-1-4-17(14-18)8-9-20-16-26-21-7-3-12-27-28(20)21;3-2(4,5)1(6)7/h1-7,11-12,14-16H,10,13H2,(H2,24,30);(H,6,7). The van der Waals surface area contributed by atoms with E-state index in [2.05, 4.69) is 26.9 Å². The summed E-state index contributed by atoms with van der Waals surface area (Å²) in [6, 6.07) is 14.5. The number of hydrogen-bond donors (Lipinski definition) is 2. The van der Waals surface area contributed by atoms with Crippen molar-refractivity contribution in [3.05, 3.63) is 95.7 Å². The first-order chi connectivity index (χ1) is 18.1. The van der Waals surface area contributed by atoms with Crippen molar-refractivity contribution in [1.29, 1.82) is 0 Å². The summed E-state index contributed by atoms with van der Waals surface area (Å²) in [5, 5.41) is 13.4. The Morgan fingerprint density at radius 2 is 1.79 bits per heavy atom. The normalized spacial score (nSPS) is 16.8. The largest absolute Gasteiger partial charge is 0.478 e. The predicted octanol–water partition coefficient (Wildman–Crippen LogP) is 3.92. The average Bonchev–Trinajstić information content (AvgIpc) is 3.54. The summed E-state index contributed by atoms with van der Waals surface area (Å²) in [6.45, 7) is 0.362. The molecule has 1 atom stereocenters. The number of halogens is 3. The van der Waals surface area contributed by atoms with Crippen LogP contribution in [0.4, 0.5) is 4.79 Å². The van der Waals surface area contributed by atoms with Gasteiger partial charge in [0.2, 0.25) is 0 Å². The number of primary amides is 1. The molecule has 3 N–H and O–H groups in total. The van der Waals surface area contributed by atoms with E-state index in [-0.39, 0.29) is 0 Å². The zero-order valence-electron chi connectivity index (χ0n) is 19.5. The summed E-state index contributed by atoms with van der Waals surface area (Å²) >= 11 is 14.4. The number of carbonyl (C=O) groups excluding carboxylic acids is 1. The number of aliphatic carboxylic acids is 1. The highest BCUT2D eigenvalue weighted by molar-refractivity contribution is 6.75. The second kappa shape index (κ2) is 11.2. The summed E-state index contributed by atoms with van der Waals surface area (Å²) in [7, 11) is 0. The lowest BCUT2D eigenvalue weighted by Crippen LogP contribution is -2.47. The van der Waals surface area contributed by atoms with Gasteiger partial charge in [0.05, 0.1) is 12.8 Å². The molecule has 2 amide bonds. The number of carboxylic acid groups (broad SMARTS) is 1. The van der Waals surface area contributed by atoms with Crippen molar-refractivity contribution < 1.29 is 19.5 Å². The molecule has 0 radical (unpaired) electrons. The molecule has 5 rings (SSSR count). The zero-order valence-corrected chi connectivity index (χ0v) is 21.7. The molecule has 3 aromatic heterocycles. The Balaban J connectivity index is 0.000000426. The molecule has 38 heavy (non-hydrogen) atoms. The van der Waals surface area contributed by atoms with Crippen LogP contribution < -0.4 is 5.73 Å². The van der Waals surface area contributed by atoms with Gasteiger partial charge in [0.15, 0.2) is 5.65 Å². The lowest BCUT2D eigenvalue weighted by molar-refractivity contribution is -0.135. The van der Waals surface area contributed by atoms with E-state index in [4.69, 9.17) is 50.5 Å². The Morgan fingerprint density at radius 3 is 2.47 bits per heavy atom. The van der Waals surface area contributed by atoms with E-state index in [0.717, 1.165) is 22.3 Å². The lowest BCUT2D eigenvalue weighted by atomic mass is 9.81. The maximum Gasteiger partial charge on any atom is 0.356 e. The fourth-order valence-corrected chi connectivity index (χ4v) is 3.95. The first-order valence-corrected chi connectivity index (χ1v) is 12.1. The van der Waals surface area contributed by atoms with Gasteiger partial charge in [-0.05, 0) is 41.8 Å². The second-order valence-electron chi connectivity index (χ2n) is 7.89. The quantitative estimate of drug-likeness (QED) is 0.274. The minimum Gasteiger partial charge on any atom is -0.478 e. The summed E-state index contributed by atoms with van der Waals surface area (Å²) in [5.74, 6) is 4.84. The van der Waals surface area contributed by atoms with Crippen LogP contribution >= 0.6 is 34.8 Å². The van der Waals surface area contributed by atoms with E-state index >= 15 is 0 Å². The molecule has 13 heteroatoms. The van der Waals surface area contributed by atoms with Crippen molar-refractivity contribution in [3.8, 4) is 11.8 Å². The number of benzene rings is 1. The van der Waals surface area contributed by atoms with Crippen LogP contribution in [0.15, 0.2) is 73.3 Å². The third kappa shape index (κ3) is 5.66. The van der Waals surface area contributed by atoms with Crippen LogP contribution in [-0.4, -0.2) is 52.2 Å². The molecule has 0 aliphatic carbocycles. The highest BCUT2D eigenvalue weighted by Gasteiger charge is 2.48. The Bertz CT molecular complexity index is 1530. The van der Waals surface area contributed by atoms with Crippen LogP contribution in [0.5, 0.6) is 0 Å². The number of fused-ring (bicyclic) bond motifs is 1. The summed E-state index contributed by atoms with van der Waals surface area (Å²) in [4.78, 5) is 36.0. The molecule has 10 nitrogen and oxygen atoms in total. The number of urea groups is 1. The molecule has 4 heterocycles. The third-order valence-electron chi connectivity index (χ3n) is 5.57. The van der Waals surface area contributed by atoms with Gasteiger partial charge in [-0.25, -0.2) is 19.1 Å². The van der Waals surface area contributed by atoms with Crippen LogP contribution in [0.2, 0.25) is 0 Å². The smallest absolute Gasteiger partial charge is 0.356 e. The maximum absolute atomic E-state index is 12.2. The van der Waals surface area contributed by atoms with Crippen molar-refractivity contribution in [2.45, 2.75) is 15.8 Å². The van der Waals surface area contributed by atoms with Crippen LogP contribution in [0.25, 0.3) is 5.65 Å². The minimum absolute atomic E-state index is 0.362. The average molecular weight is 574 g/mol. The second-order valence-corrected chi connectivity index (χ2v) is 10.2. The number of amides is 2. The number of aromatic nitrogens is 4. The van der Waals surface area contributed by atoms with Crippen molar-refractivity contribution in [2.24, 2.45) is 5.73 Å². The Kier molecular flexibility index (Phi) is 8.04. The van der Waals surface area contributed by atoms with Crippen molar-refractivity contribution in [2.75, 3.05) is 6.61 Å². The Labute approximate surface area is 231 Å². The van der Waals surface area contributed by atoms with Gasteiger partial charge in [0.25, 0.3) is 3.79 Å². The van der Waals surface area contributed by atoms with Gasteiger partial charge < -0.3 is 10.8 Å².